The predicted molar refractivity (Wildman–Crippen MR) is 80.4 cm³/mol. The van der Waals surface area contributed by atoms with Crippen LogP contribution in [0.4, 0.5) is 5.82 Å². The van der Waals surface area contributed by atoms with E-state index in [9.17, 15) is 25.1 Å². The van der Waals surface area contributed by atoms with E-state index in [1.807, 2.05) is 0 Å². The molecule has 0 radical (unpaired) electrons. The molecule has 0 saturated carbocycles. The third-order valence-electron chi connectivity index (χ3n) is 3.78. The minimum atomic E-state index is -4.40. The Balaban J connectivity index is 2.11. The lowest BCUT2D eigenvalue weighted by Gasteiger charge is -2.33. The molecule has 7 N–H and O–H groups in total. The van der Waals surface area contributed by atoms with Crippen LogP contribution in [0.2, 0.25) is 0 Å². The van der Waals surface area contributed by atoms with Gasteiger partial charge in [-0.25, -0.2) is 15.0 Å². The number of hydrogen-bond acceptors (Lipinski definition) is 9. The number of hydrogen-bond donors (Lipinski definition) is 6. The highest BCUT2D eigenvalue weighted by Crippen LogP contribution is 2.59. The van der Waals surface area contributed by atoms with Crippen LogP contribution < -0.4 is 5.73 Å². The summed E-state index contributed by atoms with van der Waals surface area (Å²) in [6, 6.07) is 0. The number of aliphatic hydroxyl groups excluding tert-OH is 2. The van der Waals surface area contributed by atoms with Crippen molar-refractivity contribution < 1.29 is 29.8 Å². The van der Waals surface area contributed by atoms with Crippen LogP contribution in [0.5, 0.6) is 0 Å². The van der Waals surface area contributed by atoms with Gasteiger partial charge < -0.3 is 35.6 Å². The normalized spacial score (nSPS) is 31.8. The van der Waals surface area contributed by atoms with Crippen molar-refractivity contribution in [3.05, 3.63) is 12.7 Å². The Morgan fingerprint density at radius 1 is 1.39 bits per heavy atom. The molecule has 3 heterocycles. The van der Waals surface area contributed by atoms with E-state index in [2.05, 4.69) is 26.8 Å². The number of ether oxygens (including phenoxy) is 1. The zero-order valence-electron chi connectivity index (χ0n) is 11.5. The van der Waals surface area contributed by atoms with Gasteiger partial charge in [-0.2, -0.15) is 0 Å². The first-order chi connectivity index (χ1) is 10.7. The molecule has 1 fully saturated rings. The zero-order valence-corrected chi connectivity index (χ0v) is 13.2. The minimum absolute atomic E-state index is 0.102. The Hall–Kier alpha value is -1.24. The van der Waals surface area contributed by atoms with E-state index in [4.69, 9.17) is 10.5 Å². The fourth-order valence-electron chi connectivity index (χ4n) is 2.55. The minimum Gasteiger partial charge on any atom is -0.394 e. The molecule has 0 spiro atoms. The summed E-state index contributed by atoms with van der Waals surface area (Å²) in [5.41, 5.74) is 6.11. The predicted octanol–water partition coefficient (Wildman–Crippen LogP) is -2.36. The lowest BCUT2D eigenvalue weighted by atomic mass is 10.1. The molecule has 2 aromatic rings. The van der Waals surface area contributed by atoms with Gasteiger partial charge in [0.15, 0.2) is 23.0 Å². The van der Waals surface area contributed by atoms with E-state index in [1.165, 1.54) is 17.2 Å². The number of rotatable bonds is 3. The monoisotopic (exact) mass is 363 g/mol. The third kappa shape index (κ3) is 2.27. The average molecular weight is 363 g/mol. The van der Waals surface area contributed by atoms with Gasteiger partial charge in [0.2, 0.25) is 6.49 Å². The van der Waals surface area contributed by atoms with Gasteiger partial charge in [-0.1, -0.05) is 0 Å². The number of aliphatic hydroxyl groups is 3. The van der Waals surface area contributed by atoms with Gasteiger partial charge in [-0.3, -0.25) is 4.57 Å². The number of aromatic nitrogens is 4. The summed E-state index contributed by atoms with van der Waals surface area (Å²) in [5, 5.41) is 27.6. The molecule has 1 saturated heterocycles. The van der Waals surface area contributed by atoms with E-state index < -0.39 is 36.9 Å². The van der Waals surface area contributed by atoms with Crippen LogP contribution in [-0.2, 0) is 16.5 Å². The van der Waals surface area contributed by atoms with Gasteiger partial charge in [0.25, 0.3) is 0 Å². The maximum atomic E-state index is 10.5. The molecule has 0 unspecified atom stereocenters. The van der Waals surface area contributed by atoms with Crippen LogP contribution >= 0.6 is 6.49 Å². The Morgan fingerprint density at radius 3 is 2.65 bits per heavy atom. The molecule has 126 valence electrons. The van der Waals surface area contributed by atoms with Crippen LogP contribution in [0.1, 0.15) is 6.23 Å². The fraction of sp³-hybridized carbons (Fsp3) is 0.500. The Labute approximate surface area is 134 Å². The molecule has 0 aromatic carbocycles. The Morgan fingerprint density at radius 2 is 2.09 bits per heavy atom. The summed E-state index contributed by atoms with van der Waals surface area (Å²) in [5.74, 6) is 0.102. The molecule has 23 heavy (non-hydrogen) atoms. The lowest BCUT2D eigenvalue weighted by molar-refractivity contribution is -0.0570. The first-order valence-corrected chi connectivity index (χ1v) is 9.08. The van der Waals surface area contributed by atoms with Crippen molar-refractivity contribution in [2.45, 2.75) is 23.8 Å². The zero-order chi connectivity index (χ0) is 17.0. The lowest BCUT2D eigenvalue weighted by Crippen LogP contribution is -2.48. The van der Waals surface area contributed by atoms with Crippen molar-refractivity contribution in [1.29, 1.82) is 0 Å². The van der Waals surface area contributed by atoms with Gasteiger partial charge in [-0.05, 0) is 11.8 Å². The summed E-state index contributed by atoms with van der Waals surface area (Å²) in [7, 11) is 0. The van der Waals surface area contributed by atoms with Crippen molar-refractivity contribution in [2.24, 2.45) is 0 Å². The quantitative estimate of drug-likeness (QED) is 0.321. The largest absolute Gasteiger partial charge is 0.394 e. The highest BCUT2D eigenvalue weighted by Gasteiger charge is 2.63. The van der Waals surface area contributed by atoms with Gasteiger partial charge in [0.1, 0.15) is 24.1 Å². The number of nitrogens with two attached hydrogens (primary N) is 1. The molecular weight excluding hydrogens is 349 g/mol. The van der Waals surface area contributed by atoms with Crippen LogP contribution in [0, 0.1) is 0 Å². The second-order valence-electron chi connectivity index (χ2n) is 5.05. The highest BCUT2D eigenvalue weighted by atomic mass is 32.5. The summed E-state index contributed by atoms with van der Waals surface area (Å²) in [4.78, 5) is 31.2. The van der Waals surface area contributed by atoms with Crippen molar-refractivity contribution in [1.82, 2.24) is 19.5 Å². The summed E-state index contributed by atoms with van der Waals surface area (Å²) >= 11 is 4.53. The molecule has 1 aliphatic heterocycles. The molecule has 1 aliphatic rings. The fourth-order valence-corrected chi connectivity index (χ4v) is 4.22. The highest BCUT2D eigenvalue weighted by molar-refractivity contribution is 8.09. The van der Waals surface area contributed by atoms with Gasteiger partial charge in [-0.15, -0.1) is 0 Å². The first-order valence-electron chi connectivity index (χ1n) is 6.37. The van der Waals surface area contributed by atoms with Gasteiger partial charge in [0, 0.05) is 0 Å². The smallest absolute Gasteiger partial charge is 0.221 e. The first kappa shape index (κ1) is 16.6. The number of nitrogens with zero attached hydrogens (tertiary/aromatic N) is 4. The van der Waals surface area contributed by atoms with Crippen molar-refractivity contribution in [3.8, 4) is 0 Å². The molecule has 3 rings (SSSR count). The van der Waals surface area contributed by atoms with Crippen LogP contribution in [0.15, 0.2) is 12.7 Å². The van der Waals surface area contributed by atoms with Gasteiger partial charge >= 0.3 is 0 Å². The van der Waals surface area contributed by atoms with E-state index >= 15 is 0 Å². The maximum absolute atomic E-state index is 10.5. The molecule has 0 aliphatic carbocycles. The van der Waals surface area contributed by atoms with Crippen LogP contribution in [-0.4, -0.2) is 68.8 Å². The molecule has 0 bridgehead atoms. The Kier molecular flexibility index (Phi) is 3.90. The van der Waals surface area contributed by atoms with E-state index in [-0.39, 0.29) is 17.0 Å². The molecule has 0 amide bonds. The summed E-state index contributed by atoms with van der Waals surface area (Å²) in [6.07, 6.45) is -2.23. The van der Waals surface area contributed by atoms with E-state index in [0.29, 0.717) is 0 Å². The topological polar surface area (TPSA) is 180 Å². The molecule has 13 heteroatoms. The van der Waals surface area contributed by atoms with Crippen LogP contribution in [0.25, 0.3) is 11.2 Å². The number of imidazole rings is 1. The molecule has 4 atom stereocenters. The average Bonchev–Trinajstić information content (AvgIpc) is 3.01. The molecule has 11 nitrogen and oxygen atoms in total. The second-order valence-corrected chi connectivity index (χ2v) is 8.38. The van der Waals surface area contributed by atoms with Gasteiger partial charge in [0.05, 0.1) is 12.9 Å². The number of anilines is 1. The number of fused-ring (bicyclic) bond motifs is 1. The van der Waals surface area contributed by atoms with E-state index in [0.717, 1.165) is 0 Å². The number of nitrogen functional groups attached to an aromatic ring is 1. The Bertz CT molecular complexity index is 797. The van der Waals surface area contributed by atoms with E-state index in [1.54, 1.807) is 0 Å². The summed E-state index contributed by atoms with van der Waals surface area (Å²) in [6.45, 7) is -5.18. The summed E-state index contributed by atoms with van der Waals surface area (Å²) < 4.78 is 6.61. The van der Waals surface area contributed by atoms with Crippen molar-refractivity contribution in [2.75, 3.05) is 12.3 Å². The standard InChI is InChI=1S/C10H14N5O6PS/c11-7-5-8(13-2-12-7)15(3-14-5)9-6(17)10(18,22(19,20)23)4(1-16)21-9/h2-4,6,9,16-18H,1H2,(H2,11,12,13)(H2,19,20,23)/t4-,6+,9-,10+/m1/s1. The molecular formula is C10H14N5O6PS. The van der Waals surface area contributed by atoms with Crippen LogP contribution in [0.3, 0.4) is 0 Å². The van der Waals surface area contributed by atoms with Crippen molar-refractivity contribution in [3.63, 3.8) is 0 Å². The van der Waals surface area contributed by atoms with Crippen molar-refractivity contribution >= 4 is 35.3 Å². The maximum Gasteiger partial charge on any atom is 0.221 e. The molecule has 2 aromatic heterocycles. The SMILES string of the molecule is Nc1ncnc2c1ncn2[C@@H]1O[C@H](CO)[C@](O)(P(O)(O)=S)[C@H]1O. The third-order valence-corrected chi connectivity index (χ3v) is 6.14. The second kappa shape index (κ2) is 5.40.